The molecule has 0 aliphatic heterocycles. The van der Waals surface area contributed by atoms with Crippen molar-refractivity contribution in [1.29, 1.82) is 0 Å². The summed E-state index contributed by atoms with van der Waals surface area (Å²) in [5, 5.41) is 15.8. The number of hydrogen-bond donors (Lipinski definition) is 4. The lowest BCUT2D eigenvalue weighted by Crippen LogP contribution is -2.54. The summed E-state index contributed by atoms with van der Waals surface area (Å²) in [6, 6.07) is 8.18. The summed E-state index contributed by atoms with van der Waals surface area (Å²) in [7, 11) is 0. The van der Waals surface area contributed by atoms with Gasteiger partial charge in [-0.3, -0.25) is 14.4 Å². The number of phenolic OH excluding ortho intramolecular Hbond substituents is 1. The first-order chi connectivity index (χ1) is 18.2. The van der Waals surface area contributed by atoms with E-state index in [4.69, 9.17) is 22.1 Å². The van der Waals surface area contributed by atoms with Crippen LogP contribution in [0.5, 0.6) is 5.75 Å². The van der Waals surface area contributed by atoms with Crippen LogP contribution in [0.15, 0.2) is 42.5 Å². The number of para-hydroxylation sites is 1. The maximum Gasteiger partial charge on any atom is 0.408 e. The minimum atomic E-state index is -1.39. The summed E-state index contributed by atoms with van der Waals surface area (Å²) in [5.74, 6) is -2.15. The monoisotopic (exact) mass is 558 g/mol. The predicted molar refractivity (Wildman–Crippen MR) is 147 cm³/mol. The van der Waals surface area contributed by atoms with E-state index >= 15 is 0 Å². The Kier molecular flexibility index (Phi) is 9.11. The Bertz CT molecular complexity index is 1240. The summed E-state index contributed by atoms with van der Waals surface area (Å²) in [5.41, 5.74) is 5.99. The third-order valence-electron chi connectivity index (χ3n) is 6.26. The SMILES string of the molecule is Cc1cccc(Cl)c1NC(=O)C(c1cccc(O)c1)N(C(=O)C(CC(N)=O)NC(=O)OC(C)(C)C)C1CC1C. The summed E-state index contributed by atoms with van der Waals surface area (Å²) < 4.78 is 5.29. The molecule has 39 heavy (non-hydrogen) atoms. The maximum atomic E-state index is 14.1. The Morgan fingerprint density at radius 1 is 1.18 bits per heavy atom. The Morgan fingerprint density at radius 3 is 2.36 bits per heavy atom. The zero-order chi connectivity index (χ0) is 29.1. The second-order valence-corrected chi connectivity index (χ2v) is 11.2. The Labute approximate surface area is 232 Å². The highest BCUT2D eigenvalue weighted by Crippen LogP contribution is 2.42. The number of ether oxygens (including phenoxy) is 1. The molecule has 4 atom stereocenters. The van der Waals surface area contributed by atoms with Gasteiger partial charge in [0.2, 0.25) is 11.8 Å². The molecule has 0 saturated heterocycles. The highest BCUT2D eigenvalue weighted by atomic mass is 35.5. The average molecular weight is 559 g/mol. The second kappa shape index (κ2) is 11.9. The van der Waals surface area contributed by atoms with Crippen molar-refractivity contribution < 1.29 is 29.0 Å². The molecule has 210 valence electrons. The van der Waals surface area contributed by atoms with Gasteiger partial charge >= 0.3 is 6.09 Å². The fourth-order valence-electron chi connectivity index (χ4n) is 4.32. The van der Waals surface area contributed by atoms with Crippen LogP contribution in [0.1, 0.15) is 57.7 Å². The summed E-state index contributed by atoms with van der Waals surface area (Å²) in [4.78, 5) is 53.8. The van der Waals surface area contributed by atoms with Crippen molar-refractivity contribution in [2.75, 3.05) is 5.32 Å². The molecule has 0 spiro atoms. The van der Waals surface area contributed by atoms with Crippen molar-refractivity contribution in [1.82, 2.24) is 10.2 Å². The van der Waals surface area contributed by atoms with Crippen molar-refractivity contribution in [2.45, 2.75) is 71.2 Å². The highest BCUT2D eigenvalue weighted by molar-refractivity contribution is 6.34. The second-order valence-electron chi connectivity index (χ2n) is 10.8. The van der Waals surface area contributed by atoms with Gasteiger partial charge in [-0.05, 0) is 69.4 Å². The zero-order valence-corrected chi connectivity index (χ0v) is 23.4. The molecular weight excluding hydrogens is 524 g/mol. The lowest BCUT2D eigenvalue weighted by Gasteiger charge is -2.35. The number of carbonyl (C=O) groups excluding carboxylic acids is 4. The van der Waals surface area contributed by atoms with Crippen molar-refractivity contribution in [3.63, 3.8) is 0 Å². The van der Waals surface area contributed by atoms with Crippen LogP contribution >= 0.6 is 11.6 Å². The van der Waals surface area contributed by atoms with E-state index in [0.29, 0.717) is 28.3 Å². The van der Waals surface area contributed by atoms with Gasteiger partial charge in [-0.1, -0.05) is 42.8 Å². The molecule has 0 bridgehead atoms. The Balaban J connectivity index is 2.06. The molecule has 0 heterocycles. The predicted octanol–water partition coefficient (Wildman–Crippen LogP) is 4.04. The van der Waals surface area contributed by atoms with Gasteiger partial charge in [0.25, 0.3) is 5.91 Å². The minimum Gasteiger partial charge on any atom is -0.508 e. The van der Waals surface area contributed by atoms with Crippen LogP contribution < -0.4 is 16.4 Å². The van der Waals surface area contributed by atoms with Gasteiger partial charge in [0, 0.05) is 6.04 Å². The first-order valence-corrected chi connectivity index (χ1v) is 13.0. The van der Waals surface area contributed by atoms with Crippen molar-refractivity contribution in [2.24, 2.45) is 11.7 Å². The van der Waals surface area contributed by atoms with Gasteiger partial charge in [-0.2, -0.15) is 0 Å². The quantitative estimate of drug-likeness (QED) is 0.364. The lowest BCUT2D eigenvalue weighted by molar-refractivity contribution is -0.142. The van der Waals surface area contributed by atoms with E-state index in [9.17, 15) is 24.3 Å². The molecule has 2 aromatic rings. The number of phenols is 1. The molecule has 0 radical (unpaired) electrons. The summed E-state index contributed by atoms with van der Waals surface area (Å²) in [6.07, 6.45) is -0.820. The number of nitrogens with two attached hydrogens (primary N) is 1. The van der Waals surface area contributed by atoms with Gasteiger partial charge in [0.05, 0.1) is 17.1 Å². The van der Waals surface area contributed by atoms with Gasteiger partial charge in [-0.15, -0.1) is 0 Å². The topological polar surface area (TPSA) is 151 Å². The van der Waals surface area contributed by atoms with Gasteiger partial charge in [0.1, 0.15) is 23.4 Å². The Morgan fingerprint density at radius 2 is 1.82 bits per heavy atom. The number of carbonyl (C=O) groups is 4. The molecule has 11 heteroatoms. The van der Waals surface area contributed by atoms with Crippen LogP contribution in [0.4, 0.5) is 10.5 Å². The largest absolute Gasteiger partial charge is 0.508 e. The summed E-state index contributed by atoms with van der Waals surface area (Å²) in [6.45, 7) is 8.69. The van der Waals surface area contributed by atoms with Crippen LogP contribution in [-0.2, 0) is 19.1 Å². The van der Waals surface area contributed by atoms with E-state index in [1.54, 1.807) is 58.0 Å². The molecule has 2 aromatic carbocycles. The molecule has 1 fully saturated rings. The smallest absolute Gasteiger partial charge is 0.408 e. The molecule has 4 amide bonds. The standard InChI is InChI=1S/C28H35ClN4O6/c1-15-8-6-11-19(29)23(15)32-25(36)24(17-9-7-10-18(34)13-17)33(21-12-16(21)2)26(37)20(14-22(30)35)31-27(38)39-28(3,4)5/h6-11,13,16,20-21,24,34H,12,14H2,1-5H3,(H2,30,35)(H,31,38)(H,32,36). The Hall–Kier alpha value is -3.79. The number of rotatable bonds is 9. The number of nitrogens with zero attached hydrogens (tertiary/aromatic N) is 1. The van der Waals surface area contributed by atoms with Crippen LogP contribution in [0.3, 0.4) is 0 Å². The molecule has 4 unspecified atom stereocenters. The molecular formula is C28H35ClN4O6. The third-order valence-corrected chi connectivity index (χ3v) is 6.57. The first kappa shape index (κ1) is 29.8. The third kappa shape index (κ3) is 7.86. The van der Waals surface area contributed by atoms with E-state index in [2.05, 4.69) is 10.6 Å². The van der Waals surface area contributed by atoms with Crippen LogP contribution in [-0.4, -0.2) is 51.5 Å². The van der Waals surface area contributed by atoms with Crippen LogP contribution in [0.2, 0.25) is 5.02 Å². The van der Waals surface area contributed by atoms with Gasteiger partial charge < -0.3 is 31.1 Å². The normalized spacial score (nSPS) is 17.9. The lowest BCUT2D eigenvalue weighted by atomic mass is 10.0. The fraction of sp³-hybridized carbons (Fsp3) is 0.429. The summed E-state index contributed by atoms with van der Waals surface area (Å²) >= 11 is 6.36. The average Bonchev–Trinajstić information content (AvgIpc) is 3.53. The number of anilines is 1. The number of hydrogen-bond acceptors (Lipinski definition) is 6. The molecule has 3 rings (SSSR count). The number of aryl methyl sites for hydroxylation is 1. The molecule has 0 aromatic heterocycles. The van der Waals surface area contributed by atoms with E-state index < -0.39 is 47.9 Å². The highest BCUT2D eigenvalue weighted by Gasteiger charge is 2.48. The number of benzene rings is 2. The number of alkyl carbamates (subject to hydrolysis) is 1. The van der Waals surface area contributed by atoms with Crippen LogP contribution in [0, 0.1) is 12.8 Å². The van der Waals surface area contributed by atoms with E-state index in [1.165, 1.54) is 17.0 Å². The maximum absolute atomic E-state index is 14.1. The minimum absolute atomic E-state index is 0.0411. The van der Waals surface area contributed by atoms with Gasteiger partial charge in [0.15, 0.2) is 0 Å². The number of nitrogens with one attached hydrogen (secondary N) is 2. The fourth-order valence-corrected chi connectivity index (χ4v) is 4.59. The van der Waals surface area contributed by atoms with Gasteiger partial charge in [-0.25, -0.2) is 4.79 Å². The number of halogens is 1. The number of aromatic hydroxyl groups is 1. The number of primary amides is 1. The molecule has 5 N–H and O–H groups in total. The van der Waals surface area contributed by atoms with E-state index in [1.807, 2.05) is 6.92 Å². The van der Waals surface area contributed by atoms with Crippen molar-refractivity contribution in [3.8, 4) is 5.75 Å². The van der Waals surface area contributed by atoms with Crippen molar-refractivity contribution in [3.05, 3.63) is 58.6 Å². The van der Waals surface area contributed by atoms with Crippen LogP contribution in [0.25, 0.3) is 0 Å². The van der Waals surface area contributed by atoms with E-state index in [-0.39, 0.29) is 17.7 Å². The molecule has 1 aliphatic rings. The van der Waals surface area contributed by atoms with Crippen molar-refractivity contribution >= 4 is 41.1 Å². The first-order valence-electron chi connectivity index (χ1n) is 12.6. The molecule has 1 saturated carbocycles. The van der Waals surface area contributed by atoms with E-state index in [0.717, 1.165) is 0 Å². The number of amides is 4. The molecule has 10 nitrogen and oxygen atoms in total. The molecule has 1 aliphatic carbocycles. The zero-order valence-electron chi connectivity index (χ0n) is 22.7.